The molecule has 0 radical (unpaired) electrons. The van der Waals surface area contributed by atoms with E-state index in [1.54, 1.807) is 6.07 Å². The minimum atomic E-state index is -0.331. The Morgan fingerprint density at radius 3 is 2.95 bits per heavy atom. The van der Waals surface area contributed by atoms with E-state index < -0.39 is 0 Å². The summed E-state index contributed by atoms with van der Waals surface area (Å²) in [5.74, 6) is 6.20. The Morgan fingerprint density at radius 2 is 2.26 bits per heavy atom. The lowest BCUT2D eigenvalue weighted by atomic mass is 10.00. The van der Waals surface area contributed by atoms with E-state index in [1.165, 1.54) is 6.26 Å². The van der Waals surface area contributed by atoms with Gasteiger partial charge in [-0.15, -0.1) is 0 Å². The van der Waals surface area contributed by atoms with Crippen LogP contribution in [0.4, 0.5) is 0 Å². The number of nitrogens with one attached hydrogen (secondary N) is 1. The van der Waals surface area contributed by atoms with Gasteiger partial charge >= 0.3 is 0 Å². The summed E-state index contributed by atoms with van der Waals surface area (Å²) in [4.78, 5) is 13.5. The summed E-state index contributed by atoms with van der Waals surface area (Å²) in [6.45, 7) is 3.43. The van der Waals surface area contributed by atoms with Crippen molar-refractivity contribution in [1.82, 2.24) is 10.3 Å². The smallest absolute Gasteiger partial charge is 0.268 e. The fraction of sp³-hybridized carbons (Fsp3) is 0.615. The van der Waals surface area contributed by atoms with Gasteiger partial charge in [0.25, 0.3) is 5.91 Å². The van der Waals surface area contributed by atoms with Crippen molar-refractivity contribution >= 4 is 5.91 Å². The first-order valence-electron chi connectivity index (χ1n) is 6.53. The lowest BCUT2D eigenvalue weighted by Crippen LogP contribution is -2.30. The minimum Gasteiger partial charge on any atom is -0.467 e. The van der Waals surface area contributed by atoms with Crippen LogP contribution in [-0.2, 0) is 11.3 Å². The highest BCUT2D eigenvalue weighted by molar-refractivity contribution is 5.93. The third kappa shape index (κ3) is 4.05. The Bertz CT molecular complexity index is 413. The van der Waals surface area contributed by atoms with Crippen LogP contribution in [0.5, 0.6) is 0 Å². The topological polar surface area (TPSA) is 80.7 Å². The number of carbonyl (C=O) groups excluding carboxylic acids is 1. The summed E-state index contributed by atoms with van der Waals surface area (Å²) < 4.78 is 10.7. The van der Waals surface area contributed by atoms with Gasteiger partial charge in [-0.2, -0.15) is 0 Å². The van der Waals surface area contributed by atoms with Gasteiger partial charge in [0, 0.05) is 19.8 Å². The van der Waals surface area contributed by atoms with Crippen molar-refractivity contribution in [2.75, 3.05) is 26.8 Å². The Labute approximate surface area is 112 Å². The number of furan rings is 1. The largest absolute Gasteiger partial charge is 0.467 e. The first-order chi connectivity index (χ1) is 9.19. The van der Waals surface area contributed by atoms with Crippen molar-refractivity contribution in [3.8, 4) is 0 Å². The molecular formula is C13H21N3O3. The van der Waals surface area contributed by atoms with Crippen molar-refractivity contribution in [3.05, 3.63) is 23.7 Å². The highest BCUT2D eigenvalue weighted by atomic mass is 16.5. The standard InChI is InChI=1S/C13H21N3O3/c1-16(7-10-2-4-18-5-3-10)8-12-6-11(9-19-12)13(17)15-14/h6,9-10H,2-5,7-8,14H2,1H3,(H,15,17). The van der Waals surface area contributed by atoms with Crippen molar-refractivity contribution < 1.29 is 13.9 Å². The molecule has 106 valence electrons. The van der Waals surface area contributed by atoms with E-state index in [1.807, 2.05) is 0 Å². The first-order valence-corrected chi connectivity index (χ1v) is 6.53. The molecule has 0 aromatic carbocycles. The molecule has 0 saturated carbocycles. The number of carbonyl (C=O) groups is 1. The molecule has 2 rings (SSSR count). The fourth-order valence-corrected chi connectivity index (χ4v) is 2.37. The number of amides is 1. The minimum absolute atomic E-state index is 0.331. The summed E-state index contributed by atoms with van der Waals surface area (Å²) in [6, 6.07) is 1.72. The molecule has 1 aliphatic rings. The van der Waals surface area contributed by atoms with Gasteiger partial charge in [0.15, 0.2) is 0 Å². The molecule has 1 aliphatic heterocycles. The Kier molecular flexibility index (Phi) is 4.95. The van der Waals surface area contributed by atoms with Gasteiger partial charge in [0.05, 0.1) is 12.1 Å². The van der Waals surface area contributed by atoms with E-state index in [0.717, 1.165) is 38.4 Å². The molecular weight excluding hydrogens is 246 g/mol. The zero-order chi connectivity index (χ0) is 13.7. The predicted octanol–water partition coefficient (Wildman–Crippen LogP) is 0.741. The molecule has 1 aromatic rings. The van der Waals surface area contributed by atoms with Gasteiger partial charge in [-0.3, -0.25) is 15.1 Å². The Balaban J connectivity index is 1.82. The van der Waals surface area contributed by atoms with Crippen LogP contribution in [0.25, 0.3) is 0 Å². The number of nitrogens with zero attached hydrogens (tertiary/aromatic N) is 1. The van der Waals surface area contributed by atoms with Crippen molar-refractivity contribution in [1.29, 1.82) is 0 Å². The van der Waals surface area contributed by atoms with Crippen LogP contribution in [0.15, 0.2) is 16.7 Å². The zero-order valence-electron chi connectivity index (χ0n) is 11.2. The van der Waals surface area contributed by atoms with E-state index in [4.69, 9.17) is 15.0 Å². The maximum absolute atomic E-state index is 11.3. The van der Waals surface area contributed by atoms with Gasteiger partial charge < -0.3 is 9.15 Å². The SMILES string of the molecule is CN(Cc1cc(C(=O)NN)co1)CC1CCOCC1. The lowest BCUT2D eigenvalue weighted by molar-refractivity contribution is 0.0543. The summed E-state index contributed by atoms with van der Waals surface area (Å²) in [6.07, 6.45) is 3.66. The van der Waals surface area contributed by atoms with Crippen molar-refractivity contribution in [2.24, 2.45) is 11.8 Å². The molecule has 6 heteroatoms. The van der Waals surface area contributed by atoms with Gasteiger partial charge in [0.1, 0.15) is 12.0 Å². The van der Waals surface area contributed by atoms with Crippen LogP contribution in [0, 0.1) is 5.92 Å². The third-order valence-electron chi connectivity index (χ3n) is 3.38. The van der Waals surface area contributed by atoms with Crippen LogP contribution in [0.1, 0.15) is 29.0 Å². The molecule has 6 nitrogen and oxygen atoms in total. The highest BCUT2D eigenvalue weighted by Crippen LogP contribution is 2.17. The summed E-state index contributed by atoms with van der Waals surface area (Å²) in [7, 11) is 2.06. The number of nitrogen functional groups attached to an aromatic ring is 1. The monoisotopic (exact) mass is 267 g/mol. The van der Waals surface area contributed by atoms with Crippen LogP contribution in [-0.4, -0.2) is 37.6 Å². The number of rotatable bonds is 5. The Hall–Kier alpha value is -1.37. The molecule has 0 bridgehead atoms. The average Bonchev–Trinajstić information content (AvgIpc) is 2.87. The third-order valence-corrected chi connectivity index (χ3v) is 3.38. The summed E-state index contributed by atoms with van der Waals surface area (Å²) in [5, 5.41) is 0. The lowest BCUT2D eigenvalue weighted by Gasteiger charge is -2.26. The molecule has 19 heavy (non-hydrogen) atoms. The molecule has 0 aliphatic carbocycles. The van der Waals surface area contributed by atoms with Crippen LogP contribution in [0.3, 0.4) is 0 Å². The van der Waals surface area contributed by atoms with Gasteiger partial charge in [-0.1, -0.05) is 0 Å². The molecule has 2 heterocycles. The maximum atomic E-state index is 11.3. The second kappa shape index (κ2) is 6.70. The molecule has 1 saturated heterocycles. The van der Waals surface area contributed by atoms with Crippen LogP contribution >= 0.6 is 0 Å². The Morgan fingerprint density at radius 1 is 1.53 bits per heavy atom. The van der Waals surface area contributed by atoms with E-state index in [2.05, 4.69) is 17.4 Å². The average molecular weight is 267 g/mol. The molecule has 0 atom stereocenters. The van der Waals surface area contributed by atoms with Crippen molar-refractivity contribution in [3.63, 3.8) is 0 Å². The molecule has 3 N–H and O–H groups in total. The van der Waals surface area contributed by atoms with Gasteiger partial charge in [-0.05, 0) is 31.9 Å². The zero-order valence-corrected chi connectivity index (χ0v) is 11.2. The summed E-state index contributed by atoms with van der Waals surface area (Å²) >= 11 is 0. The van der Waals surface area contributed by atoms with E-state index >= 15 is 0 Å². The number of hydrogen-bond acceptors (Lipinski definition) is 5. The second-order valence-corrected chi connectivity index (χ2v) is 5.03. The van der Waals surface area contributed by atoms with Gasteiger partial charge in [-0.25, -0.2) is 5.84 Å². The molecule has 0 unspecified atom stereocenters. The highest BCUT2D eigenvalue weighted by Gasteiger charge is 2.17. The normalized spacial score (nSPS) is 16.8. The predicted molar refractivity (Wildman–Crippen MR) is 70.2 cm³/mol. The molecule has 1 aromatic heterocycles. The maximum Gasteiger partial charge on any atom is 0.268 e. The van der Waals surface area contributed by atoms with Crippen LogP contribution < -0.4 is 11.3 Å². The van der Waals surface area contributed by atoms with E-state index in [-0.39, 0.29) is 5.91 Å². The van der Waals surface area contributed by atoms with E-state index in [9.17, 15) is 4.79 Å². The fourth-order valence-electron chi connectivity index (χ4n) is 2.37. The number of nitrogens with two attached hydrogens (primary N) is 1. The molecule has 1 fully saturated rings. The van der Waals surface area contributed by atoms with E-state index in [0.29, 0.717) is 18.0 Å². The number of hydrazine groups is 1. The van der Waals surface area contributed by atoms with Gasteiger partial charge in [0.2, 0.25) is 0 Å². The van der Waals surface area contributed by atoms with Crippen LogP contribution in [0.2, 0.25) is 0 Å². The quantitative estimate of drug-likeness (QED) is 0.467. The first kappa shape index (κ1) is 14.0. The number of hydrogen-bond donors (Lipinski definition) is 2. The van der Waals surface area contributed by atoms with Crippen molar-refractivity contribution in [2.45, 2.75) is 19.4 Å². The molecule has 0 spiro atoms. The number of ether oxygens (including phenoxy) is 1. The molecule has 1 amide bonds. The second-order valence-electron chi connectivity index (χ2n) is 5.03. The summed E-state index contributed by atoms with van der Waals surface area (Å²) in [5.41, 5.74) is 2.54.